The molecule has 2 rings (SSSR count). The molecule has 0 saturated heterocycles. The first kappa shape index (κ1) is 14.9. The number of carbonyl (C=O) groups excluding carboxylic acids is 1. The Labute approximate surface area is 121 Å². The lowest BCUT2D eigenvalue weighted by Crippen LogP contribution is -2.39. The van der Waals surface area contributed by atoms with Crippen molar-refractivity contribution >= 4 is 11.6 Å². The van der Waals surface area contributed by atoms with Crippen LogP contribution in [0.5, 0.6) is 0 Å². The van der Waals surface area contributed by atoms with Crippen molar-refractivity contribution in [3.63, 3.8) is 0 Å². The van der Waals surface area contributed by atoms with Gasteiger partial charge in [-0.05, 0) is 31.2 Å². The summed E-state index contributed by atoms with van der Waals surface area (Å²) in [7, 11) is 0. The summed E-state index contributed by atoms with van der Waals surface area (Å²) in [6.45, 7) is 5.18. The van der Waals surface area contributed by atoms with Crippen molar-refractivity contribution in [2.24, 2.45) is 5.92 Å². The minimum absolute atomic E-state index is 0.0249. The van der Waals surface area contributed by atoms with Crippen molar-refractivity contribution in [2.45, 2.75) is 65.0 Å². The van der Waals surface area contributed by atoms with E-state index in [0.717, 1.165) is 31.7 Å². The molecule has 2 atom stereocenters. The van der Waals surface area contributed by atoms with Crippen molar-refractivity contribution in [3.05, 3.63) is 18.0 Å². The molecule has 4 nitrogen and oxygen atoms in total. The largest absolute Gasteiger partial charge is 0.397 e. The molecule has 0 aliphatic heterocycles. The molecular weight excluding hydrogens is 250 g/mol. The number of hydrogen-bond donors (Lipinski definition) is 2. The lowest BCUT2D eigenvalue weighted by molar-refractivity contribution is 0.0909. The summed E-state index contributed by atoms with van der Waals surface area (Å²) >= 11 is 0. The number of aromatic nitrogens is 1. The molecule has 20 heavy (non-hydrogen) atoms. The predicted octanol–water partition coefficient (Wildman–Crippen LogP) is 3.18. The maximum Gasteiger partial charge on any atom is 0.268 e. The standard InChI is InChI=1S/C16H27N3O/c1-3-8-19-11-13(17)10-15(19)16(20)18-14-7-5-6-12(4-2)9-14/h10-12,14H,3-9,17H2,1-2H3,(H,18,20). The van der Waals surface area contributed by atoms with Crippen LogP contribution in [0.4, 0.5) is 5.69 Å². The Balaban J connectivity index is 2.00. The van der Waals surface area contributed by atoms with Crippen LogP contribution >= 0.6 is 0 Å². The van der Waals surface area contributed by atoms with Gasteiger partial charge in [0.2, 0.25) is 0 Å². The van der Waals surface area contributed by atoms with E-state index in [-0.39, 0.29) is 5.91 Å². The fraction of sp³-hybridized carbons (Fsp3) is 0.688. The summed E-state index contributed by atoms with van der Waals surface area (Å²) in [4.78, 5) is 12.4. The van der Waals surface area contributed by atoms with Crippen LogP contribution in [0.3, 0.4) is 0 Å². The number of nitrogens with one attached hydrogen (secondary N) is 1. The number of nitrogens with two attached hydrogens (primary N) is 1. The molecule has 1 fully saturated rings. The van der Waals surface area contributed by atoms with E-state index in [1.807, 2.05) is 10.8 Å². The van der Waals surface area contributed by atoms with Crippen LogP contribution in [0.1, 0.15) is 62.9 Å². The molecule has 0 bridgehead atoms. The monoisotopic (exact) mass is 277 g/mol. The zero-order valence-corrected chi connectivity index (χ0v) is 12.7. The van der Waals surface area contributed by atoms with Crippen LogP contribution in [0, 0.1) is 5.92 Å². The van der Waals surface area contributed by atoms with Gasteiger partial charge in [-0.25, -0.2) is 0 Å². The SMILES string of the molecule is CCCn1cc(N)cc1C(=O)NC1CCCC(CC)C1. The highest BCUT2D eigenvalue weighted by Gasteiger charge is 2.23. The Morgan fingerprint density at radius 2 is 2.25 bits per heavy atom. The second-order valence-corrected chi connectivity index (χ2v) is 5.96. The van der Waals surface area contributed by atoms with Crippen molar-refractivity contribution < 1.29 is 4.79 Å². The molecule has 4 heteroatoms. The van der Waals surface area contributed by atoms with Crippen molar-refractivity contribution in [3.8, 4) is 0 Å². The molecule has 1 aromatic rings. The van der Waals surface area contributed by atoms with Gasteiger partial charge in [0, 0.05) is 18.8 Å². The molecular formula is C16H27N3O. The number of rotatable bonds is 5. The highest BCUT2D eigenvalue weighted by molar-refractivity contribution is 5.94. The van der Waals surface area contributed by atoms with E-state index in [1.54, 1.807) is 6.07 Å². The highest BCUT2D eigenvalue weighted by Crippen LogP contribution is 2.26. The fourth-order valence-corrected chi connectivity index (χ4v) is 3.20. The summed E-state index contributed by atoms with van der Waals surface area (Å²) in [5.41, 5.74) is 7.19. The molecule has 1 saturated carbocycles. The van der Waals surface area contributed by atoms with E-state index in [9.17, 15) is 4.79 Å². The first-order valence-corrected chi connectivity index (χ1v) is 7.90. The second-order valence-electron chi connectivity index (χ2n) is 5.96. The average molecular weight is 277 g/mol. The van der Waals surface area contributed by atoms with Crippen molar-refractivity contribution in [1.82, 2.24) is 9.88 Å². The normalized spacial score (nSPS) is 22.7. The van der Waals surface area contributed by atoms with Gasteiger partial charge < -0.3 is 15.6 Å². The van der Waals surface area contributed by atoms with Crippen LogP contribution in [0.15, 0.2) is 12.3 Å². The maximum absolute atomic E-state index is 12.4. The number of amides is 1. The van der Waals surface area contributed by atoms with E-state index in [2.05, 4.69) is 19.2 Å². The van der Waals surface area contributed by atoms with Gasteiger partial charge >= 0.3 is 0 Å². The van der Waals surface area contributed by atoms with E-state index < -0.39 is 0 Å². The van der Waals surface area contributed by atoms with Crippen LogP contribution in [-0.4, -0.2) is 16.5 Å². The second kappa shape index (κ2) is 6.82. The third-order valence-corrected chi connectivity index (χ3v) is 4.31. The topological polar surface area (TPSA) is 60.0 Å². The Hall–Kier alpha value is -1.45. The number of carbonyl (C=O) groups is 1. The van der Waals surface area contributed by atoms with Gasteiger partial charge in [0.15, 0.2) is 0 Å². The average Bonchev–Trinajstić information content (AvgIpc) is 2.80. The molecule has 1 aliphatic carbocycles. The van der Waals surface area contributed by atoms with Crippen LogP contribution in [0.2, 0.25) is 0 Å². The van der Waals surface area contributed by atoms with Crippen LogP contribution < -0.4 is 11.1 Å². The summed E-state index contributed by atoms with van der Waals surface area (Å²) < 4.78 is 1.96. The number of nitrogens with zero attached hydrogens (tertiary/aromatic N) is 1. The lowest BCUT2D eigenvalue weighted by Gasteiger charge is -2.29. The van der Waals surface area contributed by atoms with E-state index in [1.165, 1.54) is 19.3 Å². The minimum atomic E-state index is 0.0249. The Bertz CT molecular complexity index is 453. The third-order valence-electron chi connectivity index (χ3n) is 4.31. The first-order chi connectivity index (χ1) is 9.63. The Kier molecular flexibility index (Phi) is 5.10. The molecule has 2 unspecified atom stereocenters. The summed E-state index contributed by atoms with van der Waals surface area (Å²) in [5, 5.41) is 3.20. The number of nitrogen functional groups attached to an aromatic ring is 1. The van der Waals surface area contributed by atoms with Crippen LogP contribution in [0.25, 0.3) is 0 Å². The number of anilines is 1. The predicted molar refractivity (Wildman–Crippen MR) is 82.6 cm³/mol. The zero-order valence-electron chi connectivity index (χ0n) is 12.7. The van der Waals surface area contributed by atoms with E-state index in [0.29, 0.717) is 17.4 Å². The molecule has 0 spiro atoms. The third kappa shape index (κ3) is 3.56. The summed E-state index contributed by atoms with van der Waals surface area (Å²) in [5.74, 6) is 0.790. The molecule has 1 aliphatic rings. The smallest absolute Gasteiger partial charge is 0.268 e. The van der Waals surface area contributed by atoms with Gasteiger partial charge in [-0.3, -0.25) is 4.79 Å². The summed E-state index contributed by atoms with van der Waals surface area (Å²) in [6.07, 6.45) is 8.82. The maximum atomic E-state index is 12.4. The Morgan fingerprint density at radius 1 is 1.45 bits per heavy atom. The molecule has 1 aromatic heterocycles. The number of aryl methyl sites for hydroxylation is 1. The van der Waals surface area contributed by atoms with E-state index in [4.69, 9.17) is 5.73 Å². The molecule has 0 radical (unpaired) electrons. The summed E-state index contributed by atoms with van der Waals surface area (Å²) in [6, 6.07) is 2.11. The fourth-order valence-electron chi connectivity index (χ4n) is 3.20. The lowest BCUT2D eigenvalue weighted by atomic mass is 9.84. The quantitative estimate of drug-likeness (QED) is 0.868. The van der Waals surface area contributed by atoms with Crippen molar-refractivity contribution in [1.29, 1.82) is 0 Å². The number of hydrogen-bond acceptors (Lipinski definition) is 2. The molecule has 112 valence electrons. The van der Waals surface area contributed by atoms with Gasteiger partial charge in [-0.1, -0.05) is 33.1 Å². The molecule has 0 aromatic carbocycles. The first-order valence-electron chi connectivity index (χ1n) is 7.90. The minimum Gasteiger partial charge on any atom is -0.397 e. The van der Waals surface area contributed by atoms with Gasteiger partial charge in [-0.2, -0.15) is 0 Å². The highest BCUT2D eigenvalue weighted by atomic mass is 16.2. The van der Waals surface area contributed by atoms with Gasteiger partial charge in [0.25, 0.3) is 5.91 Å². The van der Waals surface area contributed by atoms with Gasteiger partial charge in [-0.15, -0.1) is 0 Å². The molecule has 1 amide bonds. The van der Waals surface area contributed by atoms with Gasteiger partial charge in [0.1, 0.15) is 5.69 Å². The molecule has 1 heterocycles. The van der Waals surface area contributed by atoms with Gasteiger partial charge in [0.05, 0.1) is 5.69 Å². The zero-order chi connectivity index (χ0) is 14.5. The van der Waals surface area contributed by atoms with Crippen molar-refractivity contribution in [2.75, 3.05) is 5.73 Å². The van der Waals surface area contributed by atoms with Crippen LogP contribution in [-0.2, 0) is 6.54 Å². The molecule has 3 N–H and O–H groups in total. The Morgan fingerprint density at radius 3 is 2.95 bits per heavy atom. The van der Waals surface area contributed by atoms with E-state index >= 15 is 0 Å².